The fourth-order valence-electron chi connectivity index (χ4n) is 4.64. The maximum absolute atomic E-state index is 13.5. The zero-order valence-electron chi connectivity index (χ0n) is 22.3. The van der Waals surface area contributed by atoms with Crippen molar-refractivity contribution < 1.29 is 28.6 Å². The largest absolute Gasteiger partial charge is 0.465 e. The number of aromatic nitrogens is 1. The summed E-state index contributed by atoms with van der Waals surface area (Å²) in [6, 6.07) is 17.4. The molecule has 0 saturated heterocycles. The van der Waals surface area contributed by atoms with Crippen LogP contribution in [0.2, 0.25) is 0 Å². The normalized spacial score (nSPS) is 16.9. The lowest BCUT2D eigenvalue weighted by molar-refractivity contribution is -0.146. The molecule has 1 aliphatic heterocycles. The first kappa shape index (κ1) is 27.9. The molecule has 8 nitrogen and oxygen atoms in total. The molecule has 2 atom stereocenters. The molecular weight excluding hydrogens is 516 g/mol. The van der Waals surface area contributed by atoms with E-state index < -0.39 is 29.7 Å². The van der Waals surface area contributed by atoms with Gasteiger partial charge in [-0.3, -0.25) is 14.6 Å². The van der Waals surface area contributed by atoms with E-state index in [2.05, 4.69) is 4.99 Å². The van der Waals surface area contributed by atoms with Crippen LogP contribution >= 0.6 is 11.3 Å². The van der Waals surface area contributed by atoms with E-state index in [1.807, 2.05) is 60.0 Å². The first-order chi connectivity index (χ1) is 18.8. The third-order valence-corrected chi connectivity index (χ3v) is 7.14. The highest BCUT2D eigenvalue weighted by molar-refractivity contribution is 7.13. The van der Waals surface area contributed by atoms with Gasteiger partial charge in [0.25, 0.3) is 0 Å². The van der Waals surface area contributed by atoms with Crippen LogP contribution in [0.5, 0.6) is 0 Å². The molecule has 0 saturated carbocycles. The average molecular weight is 547 g/mol. The van der Waals surface area contributed by atoms with E-state index in [1.54, 1.807) is 20.8 Å². The zero-order valence-corrected chi connectivity index (χ0v) is 23.1. The van der Waals surface area contributed by atoms with Crippen molar-refractivity contribution in [3.8, 4) is 21.8 Å². The molecule has 1 aromatic heterocycles. The first-order valence-electron chi connectivity index (χ1n) is 12.7. The van der Waals surface area contributed by atoms with Gasteiger partial charge in [0.2, 0.25) is 0 Å². The van der Waals surface area contributed by atoms with Crippen molar-refractivity contribution in [2.45, 2.75) is 33.6 Å². The lowest BCUT2D eigenvalue weighted by Crippen LogP contribution is -2.37. The number of esters is 3. The molecule has 39 heavy (non-hydrogen) atoms. The molecule has 3 aromatic rings. The van der Waals surface area contributed by atoms with Crippen molar-refractivity contribution in [3.05, 3.63) is 76.8 Å². The van der Waals surface area contributed by atoms with Crippen molar-refractivity contribution in [1.29, 1.82) is 0 Å². The van der Waals surface area contributed by atoms with Gasteiger partial charge in [0.1, 0.15) is 17.5 Å². The van der Waals surface area contributed by atoms with Crippen LogP contribution in [0.3, 0.4) is 0 Å². The summed E-state index contributed by atoms with van der Waals surface area (Å²) in [5.41, 5.74) is 4.13. The molecule has 0 amide bonds. The van der Waals surface area contributed by atoms with E-state index in [4.69, 9.17) is 19.2 Å². The SMILES string of the molecule is CCOC(=O)C1=C(COC(C)=O)N=C(C)C(C(=O)OCC)C1c1ccccc1-c1nc(-c2ccccc2)cs1. The predicted molar refractivity (Wildman–Crippen MR) is 149 cm³/mol. The number of aliphatic imine (C=N–C) groups is 1. The minimum absolute atomic E-state index is 0.122. The summed E-state index contributed by atoms with van der Waals surface area (Å²) in [7, 11) is 0. The number of benzene rings is 2. The van der Waals surface area contributed by atoms with Crippen LogP contribution in [0.1, 0.15) is 39.2 Å². The Labute approximate surface area is 231 Å². The van der Waals surface area contributed by atoms with Crippen LogP contribution in [0, 0.1) is 5.92 Å². The Bertz CT molecular complexity index is 1430. The van der Waals surface area contributed by atoms with Crippen molar-refractivity contribution in [2.24, 2.45) is 10.9 Å². The number of carbonyl (C=O) groups excluding carboxylic acids is 3. The summed E-state index contributed by atoms with van der Waals surface area (Å²) in [5.74, 6) is -3.34. The van der Waals surface area contributed by atoms with E-state index >= 15 is 0 Å². The molecular formula is C30H30N2O6S. The smallest absolute Gasteiger partial charge is 0.336 e. The van der Waals surface area contributed by atoms with Crippen LogP contribution in [-0.2, 0) is 28.6 Å². The number of ether oxygens (including phenoxy) is 3. The van der Waals surface area contributed by atoms with Crippen molar-refractivity contribution in [1.82, 2.24) is 4.98 Å². The summed E-state index contributed by atoms with van der Waals surface area (Å²) in [6.07, 6.45) is 0. The Hall–Kier alpha value is -4.11. The lowest BCUT2D eigenvalue weighted by atomic mass is 9.74. The van der Waals surface area contributed by atoms with Gasteiger partial charge < -0.3 is 14.2 Å². The number of hydrogen-bond donors (Lipinski definition) is 0. The molecule has 4 rings (SSSR count). The van der Waals surface area contributed by atoms with E-state index in [-0.39, 0.29) is 31.1 Å². The van der Waals surface area contributed by atoms with Crippen molar-refractivity contribution >= 4 is 35.0 Å². The summed E-state index contributed by atoms with van der Waals surface area (Å²) in [5, 5.41) is 2.71. The average Bonchev–Trinajstić information content (AvgIpc) is 3.42. The van der Waals surface area contributed by atoms with Gasteiger partial charge in [0.05, 0.1) is 30.2 Å². The third-order valence-electron chi connectivity index (χ3n) is 6.26. The molecule has 0 aliphatic carbocycles. The molecule has 202 valence electrons. The molecule has 0 fully saturated rings. The van der Waals surface area contributed by atoms with Crippen LogP contribution < -0.4 is 0 Å². The van der Waals surface area contributed by atoms with E-state index in [9.17, 15) is 14.4 Å². The van der Waals surface area contributed by atoms with Crippen molar-refractivity contribution in [3.63, 3.8) is 0 Å². The number of hydrogen-bond acceptors (Lipinski definition) is 9. The Morgan fingerprint density at radius 1 is 0.923 bits per heavy atom. The number of thiazole rings is 1. The van der Waals surface area contributed by atoms with Gasteiger partial charge in [-0.1, -0.05) is 54.6 Å². The lowest BCUT2D eigenvalue weighted by Gasteiger charge is -2.33. The van der Waals surface area contributed by atoms with Gasteiger partial charge >= 0.3 is 17.9 Å². The second-order valence-electron chi connectivity index (χ2n) is 8.81. The van der Waals surface area contributed by atoms with Gasteiger partial charge in [-0.2, -0.15) is 0 Å². The van der Waals surface area contributed by atoms with Crippen LogP contribution in [0.4, 0.5) is 0 Å². The molecule has 1 aliphatic rings. The maximum atomic E-state index is 13.5. The summed E-state index contributed by atoms with van der Waals surface area (Å²) < 4.78 is 16.1. The predicted octanol–water partition coefficient (Wildman–Crippen LogP) is 5.59. The first-order valence-corrected chi connectivity index (χ1v) is 13.6. The Morgan fingerprint density at radius 2 is 1.62 bits per heavy atom. The van der Waals surface area contributed by atoms with Crippen LogP contribution in [-0.4, -0.2) is 48.4 Å². The Balaban J connectivity index is 1.91. The maximum Gasteiger partial charge on any atom is 0.336 e. The van der Waals surface area contributed by atoms with Crippen LogP contribution in [0.15, 0.2) is 76.2 Å². The standard InChI is InChI=1S/C30H30N2O6S/c1-5-36-29(34)25-18(3)31-23(16-38-19(4)33)27(30(35)37-6-2)26(25)21-14-10-11-15-22(21)28-32-24(17-39-28)20-12-8-7-9-13-20/h7-15,17,25-26H,5-6,16H2,1-4H3. The molecule has 9 heteroatoms. The third kappa shape index (κ3) is 6.15. The van der Waals surface area contributed by atoms with E-state index in [1.165, 1.54) is 18.3 Å². The highest BCUT2D eigenvalue weighted by Gasteiger charge is 2.44. The fourth-order valence-corrected chi connectivity index (χ4v) is 5.52. The van der Waals surface area contributed by atoms with Gasteiger partial charge in [0.15, 0.2) is 0 Å². The van der Waals surface area contributed by atoms with Gasteiger partial charge in [0, 0.05) is 35.1 Å². The number of carbonyl (C=O) groups is 3. The summed E-state index contributed by atoms with van der Waals surface area (Å²) >= 11 is 1.47. The summed E-state index contributed by atoms with van der Waals surface area (Å²) in [6.45, 7) is 6.48. The zero-order chi connectivity index (χ0) is 27.9. The minimum Gasteiger partial charge on any atom is -0.465 e. The highest BCUT2D eigenvalue weighted by atomic mass is 32.1. The molecule has 0 radical (unpaired) electrons. The van der Waals surface area contributed by atoms with Gasteiger partial charge in [-0.25, -0.2) is 9.78 Å². The molecule has 2 heterocycles. The van der Waals surface area contributed by atoms with Gasteiger partial charge in [-0.15, -0.1) is 11.3 Å². The second-order valence-corrected chi connectivity index (χ2v) is 9.67. The van der Waals surface area contributed by atoms with Crippen LogP contribution in [0.25, 0.3) is 21.8 Å². The molecule has 2 unspecified atom stereocenters. The Morgan fingerprint density at radius 3 is 2.31 bits per heavy atom. The Kier molecular flexibility index (Phi) is 9.03. The topological polar surface area (TPSA) is 104 Å². The van der Waals surface area contributed by atoms with E-state index in [0.29, 0.717) is 11.3 Å². The number of rotatable bonds is 9. The number of nitrogens with zero attached hydrogens (tertiary/aromatic N) is 2. The monoisotopic (exact) mass is 546 g/mol. The summed E-state index contributed by atoms with van der Waals surface area (Å²) in [4.78, 5) is 47.9. The molecule has 0 bridgehead atoms. The highest BCUT2D eigenvalue weighted by Crippen LogP contribution is 2.44. The fraction of sp³-hybridized carbons (Fsp3) is 0.300. The molecule has 0 N–H and O–H groups in total. The minimum atomic E-state index is -0.889. The quantitative estimate of drug-likeness (QED) is 0.254. The van der Waals surface area contributed by atoms with Crippen molar-refractivity contribution in [2.75, 3.05) is 19.8 Å². The molecule has 2 aromatic carbocycles. The molecule has 0 spiro atoms. The van der Waals surface area contributed by atoms with Gasteiger partial charge in [-0.05, 0) is 26.3 Å². The second kappa shape index (κ2) is 12.6. The van der Waals surface area contributed by atoms with E-state index in [0.717, 1.165) is 21.8 Å².